The van der Waals surface area contributed by atoms with Gasteiger partial charge in [-0.1, -0.05) is 6.92 Å². The van der Waals surface area contributed by atoms with Crippen molar-refractivity contribution >= 4 is 5.91 Å². The molecule has 0 aromatic rings. The predicted molar refractivity (Wildman–Crippen MR) is 52.3 cm³/mol. The molecule has 3 N–H and O–H groups in total. The Kier molecular flexibility index (Phi) is 7.80. The first-order valence-electron chi connectivity index (χ1n) is 4.67. The van der Waals surface area contributed by atoms with Crippen molar-refractivity contribution in [2.75, 3.05) is 19.8 Å². The summed E-state index contributed by atoms with van der Waals surface area (Å²) in [4.78, 5) is 9.60. The molecule has 1 atom stereocenters. The van der Waals surface area contributed by atoms with Crippen molar-refractivity contribution in [1.29, 1.82) is 5.26 Å². The number of nitrogens with one attached hydrogen (secondary N) is 1. The molecule has 0 aromatic heterocycles. The molecule has 14 heavy (non-hydrogen) atoms. The molecule has 1 heterocycles. The number of rotatable bonds is 5. The van der Waals surface area contributed by atoms with Gasteiger partial charge in [-0.05, 0) is 6.42 Å². The van der Waals surface area contributed by atoms with Gasteiger partial charge in [0.05, 0.1) is 12.7 Å². The number of nitrogens with two attached hydrogens (primary N) is 1. The highest BCUT2D eigenvalue weighted by molar-refractivity contribution is 5.75. The van der Waals surface area contributed by atoms with E-state index in [-0.39, 0.29) is 6.42 Å². The summed E-state index contributed by atoms with van der Waals surface area (Å²) in [5, 5.41) is 10.9. The molecule has 5 heteroatoms. The number of hydrogen-bond donors (Lipinski definition) is 2. The molecule has 1 unspecified atom stereocenters. The number of nitrogens with zero attached hydrogens (tertiary/aromatic N) is 1. The molecule has 1 aliphatic rings. The lowest BCUT2D eigenvalue weighted by Crippen LogP contribution is -2.07. The fourth-order valence-electron chi connectivity index (χ4n) is 0.649. The van der Waals surface area contributed by atoms with Crippen LogP contribution < -0.4 is 11.1 Å². The summed E-state index contributed by atoms with van der Waals surface area (Å²) in [6.07, 6.45) is 0.951. The summed E-state index contributed by atoms with van der Waals surface area (Å²) in [6.45, 7) is 5.11. The molecule has 1 aliphatic heterocycles. The molecule has 5 nitrogen and oxygen atoms in total. The maximum Gasteiger partial charge on any atom is 0.231 e. The van der Waals surface area contributed by atoms with E-state index in [1.165, 1.54) is 0 Å². The standard InChI is InChI=1S/C6H13NO.C3H4N2O/c1-2-3-8-5-6-4-7-6;4-2-1-3(5)6/h6-7H,2-5H2,1H3;1H2,(H2,5,6). The van der Waals surface area contributed by atoms with Crippen LogP contribution in [0, 0.1) is 11.3 Å². The van der Waals surface area contributed by atoms with Gasteiger partial charge in [0.1, 0.15) is 6.42 Å². The molecule has 0 aliphatic carbocycles. The molecular formula is C9H17N3O2. The Hall–Kier alpha value is -1.12. The molecule has 0 saturated carbocycles. The van der Waals surface area contributed by atoms with Gasteiger partial charge < -0.3 is 15.8 Å². The molecule has 1 amide bonds. The summed E-state index contributed by atoms with van der Waals surface area (Å²) >= 11 is 0. The third-order valence-electron chi connectivity index (χ3n) is 1.41. The largest absolute Gasteiger partial charge is 0.380 e. The minimum absolute atomic E-state index is 0.181. The van der Waals surface area contributed by atoms with Gasteiger partial charge in [-0.15, -0.1) is 0 Å². The second-order valence-electron chi connectivity index (χ2n) is 2.98. The Morgan fingerprint density at radius 2 is 2.43 bits per heavy atom. The lowest BCUT2D eigenvalue weighted by molar-refractivity contribution is -0.117. The Balaban J connectivity index is 0.000000255. The van der Waals surface area contributed by atoms with Crippen LogP contribution in [0.2, 0.25) is 0 Å². The lowest BCUT2D eigenvalue weighted by Gasteiger charge is -1.96. The van der Waals surface area contributed by atoms with E-state index in [1.54, 1.807) is 6.07 Å². The number of hydrogen-bond acceptors (Lipinski definition) is 4. The normalized spacial score (nSPS) is 17.6. The first-order valence-corrected chi connectivity index (χ1v) is 4.67. The van der Waals surface area contributed by atoms with Crippen molar-refractivity contribution in [3.05, 3.63) is 0 Å². The average Bonchev–Trinajstić information content (AvgIpc) is 2.89. The minimum Gasteiger partial charge on any atom is -0.380 e. The van der Waals surface area contributed by atoms with Crippen LogP contribution in [0.15, 0.2) is 0 Å². The van der Waals surface area contributed by atoms with E-state index in [0.717, 1.165) is 26.2 Å². The van der Waals surface area contributed by atoms with Gasteiger partial charge in [-0.25, -0.2) is 0 Å². The number of nitriles is 1. The molecule has 0 bridgehead atoms. The molecule has 0 radical (unpaired) electrons. The van der Waals surface area contributed by atoms with Gasteiger partial charge in [-0.3, -0.25) is 4.79 Å². The summed E-state index contributed by atoms with van der Waals surface area (Å²) < 4.78 is 5.24. The third kappa shape index (κ3) is 10.9. The van der Waals surface area contributed by atoms with E-state index in [9.17, 15) is 4.79 Å². The van der Waals surface area contributed by atoms with Crippen LogP contribution in [-0.4, -0.2) is 31.7 Å². The number of carbonyl (C=O) groups is 1. The smallest absolute Gasteiger partial charge is 0.231 e. The Morgan fingerprint density at radius 3 is 2.71 bits per heavy atom. The van der Waals surface area contributed by atoms with Crippen LogP contribution in [-0.2, 0) is 9.53 Å². The Bertz CT molecular complexity index is 197. The van der Waals surface area contributed by atoms with E-state index in [2.05, 4.69) is 18.0 Å². The van der Waals surface area contributed by atoms with E-state index in [0.29, 0.717) is 6.04 Å². The zero-order chi connectivity index (χ0) is 10.8. The number of ether oxygens (including phenoxy) is 1. The van der Waals surface area contributed by atoms with Crippen LogP contribution in [0.1, 0.15) is 19.8 Å². The number of primary amides is 1. The van der Waals surface area contributed by atoms with Crippen molar-refractivity contribution in [2.24, 2.45) is 5.73 Å². The lowest BCUT2D eigenvalue weighted by atomic mass is 10.5. The van der Waals surface area contributed by atoms with E-state index in [4.69, 9.17) is 10.00 Å². The highest BCUT2D eigenvalue weighted by Gasteiger charge is 2.18. The van der Waals surface area contributed by atoms with Crippen molar-refractivity contribution in [1.82, 2.24) is 5.32 Å². The predicted octanol–water partition coefficient (Wildman–Crippen LogP) is -0.230. The monoisotopic (exact) mass is 199 g/mol. The molecule has 0 spiro atoms. The van der Waals surface area contributed by atoms with E-state index in [1.807, 2.05) is 0 Å². The van der Waals surface area contributed by atoms with Crippen LogP contribution in [0.25, 0.3) is 0 Å². The summed E-state index contributed by atoms with van der Waals surface area (Å²) in [7, 11) is 0. The highest BCUT2D eigenvalue weighted by Crippen LogP contribution is 1.96. The van der Waals surface area contributed by atoms with Crippen molar-refractivity contribution in [3.8, 4) is 6.07 Å². The quantitative estimate of drug-likeness (QED) is 0.472. The second-order valence-corrected chi connectivity index (χ2v) is 2.98. The minimum atomic E-state index is -0.572. The SMILES string of the molecule is CCCOCC1CN1.N#CCC(N)=O. The van der Waals surface area contributed by atoms with Gasteiger partial charge in [0.2, 0.25) is 5.91 Å². The molecular weight excluding hydrogens is 182 g/mol. The van der Waals surface area contributed by atoms with Crippen LogP contribution in [0.4, 0.5) is 0 Å². The fourth-order valence-corrected chi connectivity index (χ4v) is 0.649. The maximum atomic E-state index is 9.60. The number of carbonyl (C=O) groups excluding carboxylic acids is 1. The Labute approximate surface area is 84.2 Å². The average molecular weight is 199 g/mol. The Morgan fingerprint density at radius 1 is 1.79 bits per heavy atom. The molecule has 0 aromatic carbocycles. The van der Waals surface area contributed by atoms with Crippen molar-refractivity contribution in [3.63, 3.8) is 0 Å². The summed E-state index contributed by atoms with van der Waals surface area (Å²) in [5.74, 6) is -0.572. The molecule has 1 saturated heterocycles. The molecule has 1 fully saturated rings. The van der Waals surface area contributed by atoms with Gasteiger partial charge >= 0.3 is 0 Å². The van der Waals surface area contributed by atoms with E-state index < -0.39 is 5.91 Å². The van der Waals surface area contributed by atoms with Crippen molar-refractivity contribution in [2.45, 2.75) is 25.8 Å². The molecule has 1 rings (SSSR count). The van der Waals surface area contributed by atoms with Crippen LogP contribution >= 0.6 is 0 Å². The van der Waals surface area contributed by atoms with Gasteiger partial charge in [0.25, 0.3) is 0 Å². The zero-order valence-corrected chi connectivity index (χ0v) is 8.45. The number of amides is 1. The van der Waals surface area contributed by atoms with Crippen molar-refractivity contribution < 1.29 is 9.53 Å². The van der Waals surface area contributed by atoms with Gasteiger partial charge in [-0.2, -0.15) is 5.26 Å². The highest BCUT2D eigenvalue weighted by atomic mass is 16.5. The van der Waals surface area contributed by atoms with Gasteiger partial charge in [0, 0.05) is 19.2 Å². The van der Waals surface area contributed by atoms with Gasteiger partial charge in [0.15, 0.2) is 0 Å². The van der Waals surface area contributed by atoms with Crippen LogP contribution in [0.3, 0.4) is 0 Å². The van der Waals surface area contributed by atoms with Crippen LogP contribution in [0.5, 0.6) is 0 Å². The fraction of sp³-hybridized carbons (Fsp3) is 0.778. The topological polar surface area (TPSA) is 98.1 Å². The summed E-state index contributed by atoms with van der Waals surface area (Å²) in [5.41, 5.74) is 4.54. The second kappa shape index (κ2) is 8.48. The zero-order valence-electron chi connectivity index (χ0n) is 8.45. The first-order chi connectivity index (χ1) is 6.70. The maximum absolute atomic E-state index is 9.60. The molecule has 80 valence electrons. The third-order valence-corrected chi connectivity index (χ3v) is 1.41. The summed E-state index contributed by atoms with van der Waals surface area (Å²) in [6, 6.07) is 2.27. The first kappa shape index (κ1) is 12.9. The van der Waals surface area contributed by atoms with E-state index >= 15 is 0 Å².